The number of fused-ring (bicyclic) bond motifs is 1. The van der Waals surface area contributed by atoms with Crippen LogP contribution in [-0.2, 0) is 16.0 Å². The highest BCUT2D eigenvalue weighted by Crippen LogP contribution is 2.31. The molecule has 230 valence electrons. The van der Waals surface area contributed by atoms with Crippen molar-refractivity contribution in [3.05, 3.63) is 89.2 Å². The fraction of sp³-hybridized carbons (Fsp3) is 0.333. The number of ether oxygens (including phenoxy) is 2. The van der Waals surface area contributed by atoms with Crippen LogP contribution in [0.15, 0.2) is 66.7 Å². The van der Waals surface area contributed by atoms with Crippen LogP contribution >= 0.6 is 0 Å². The third-order valence-electron chi connectivity index (χ3n) is 7.25. The molecule has 2 aliphatic heterocycles. The fourth-order valence-electron chi connectivity index (χ4n) is 5.16. The molecule has 0 aliphatic carbocycles. The zero-order chi connectivity index (χ0) is 31.6. The number of amides is 4. The van der Waals surface area contributed by atoms with Crippen LogP contribution < -0.4 is 4.90 Å². The molecule has 44 heavy (non-hydrogen) atoms. The van der Waals surface area contributed by atoms with Crippen molar-refractivity contribution in [3.8, 4) is 11.1 Å². The van der Waals surface area contributed by atoms with Gasteiger partial charge in [-0.2, -0.15) is 0 Å². The maximum Gasteiger partial charge on any atom is 0.414 e. The molecule has 0 spiro atoms. The highest BCUT2D eigenvalue weighted by molar-refractivity contribution is 6.21. The van der Waals surface area contributed by atoms with Gasteiger partial charge in [-0.05, 0) is 68.7 Å². The second-order valence-corrected chi connectivity index (χ2v) is 11.7. The second-order valence-electron chi connectivity index (χ2n) is 11.7. The Hall–Kier alpha value is -4.80. The Morgan fingerprint density at radius 3 is 2.23 bits per heavy atom. The Kier molecular flexibility index (Phi) is 8.66. The van der Waals surface area contributed by atoms with Gasteiger partial charge in [0.2, 0.25) is 0 Å². The molecule has 4 amide bonds. The number of rotatable bonds is 9. The minimum atomic E-state index is -0.773. The summed E-state index contributed by atoms with van der Waals surface area (Å²) in [6.07, 6.45) is -1.83. The maximum absolute atomic E-state index is 15.3. The minimum Gasteiger partial charge on any atom is -0.444 e. The van der Waals surface area contributed by atoms with Gasteiger partial charge in [0.05, 0.1) is 36.6 Å². The molecule has 2 aliphatic rings. The van der Waals surface area contributed by atoms with Gasteiger partial charge in [-0.15, -0.1) is 0 Å². The molecule has 0 unspecified atom stereocenters. The lowest BCUT2D eigenvalue weighted by Gasteiger charge is -2.27. The predicted molar refractivity (Wildman–Crippen MR) is 158 cm³/mol. The number of cyclic esters (lactones) is 1. The number of hydrogen-bond donors (Lipinski definition) is 0. The summed E-state index contributed by atoms with van der Waals surface area (Å²) in [6.45, 7) is 5.05. The molecule has 1 atom stereocenters. The van der Waals surface area contributed by atoms with Crippen LogP contribution in [0.4, 0.5) is 24.1 Å². The number of halogens is 2. The van der Waals surface area contributed by atoms with Gasteiger partial charge < -0.3 is 14.4 Å². The summed E-state index contributed by atoms with van der Waals surface area (Å²) < 4.78 is 39.0. The Morgan fingerprint density at radius 2 is 1.64 bits per heavy atom. The summed E-state index contributed by atoms with van der Waals surface area (Å²) in [6, 6.07) is 17.9. The quantitative estimate of drug-likeness (QED) is 0.269. The Bertz CT molecular complexity index is 1550. The average molecular weight is 606 g/mol. The molecule has 1 fully saturated rings. The summed E-state index contributed by atoms with van der Waals surface area (Å²) in [7, 11) is 0. The van der Waals surface area contributed by atoms with Crippen LogP contribution in [0.25, 0.3) is 11.1 Å². The molecular formula is C33H33F2N3O6. The van der Waals surface area contributed by atoms with Gasteiger partial charge in [0.1, 0.15) is 17.5 Å². The molecule has 9 nitrogen and oxygen atoms in total. The van der Waals surface area contributed by atoms with Crippen LogP contribution in [0.5, 0.6) is 0 Å². The lowest BCUT2D eigenvalue weighted by molar-refractivity contribution is 0.0228. The molecule has 0 radical (unpaired) electrons. The molecule has 0 aromatic heterocycles. The van der Waals surface area contributed by atoms with Crippen LogP contribution in [0.3, 0.4) is 0 Å². The predicted octanol–water partition coefficient (Wildman–Crippen LogP) is 6.21. The van der Waals surface area contributed by atoms with Gasteiger partial charge in [0.15, 0.2) is 0 Å². The van der Waals surface area contributed by atoms with Crippen molar-refractivity contribution in [1.82, 2.24) is 9.80 Å². The minimum absolute atomic E-state index is 0.0380. The summed E-state index contributed by atoms with van der Waals surface area (Å²) in [5, 5.41) is 0. The molecule has 11 heteroatoms. The van der Waals surface area contributed by atoms with E-state index in [4.69, 9.17) is 9.47 Å². The Morgan fingerprint density at radius 1 is 0.977 bits per heavy atom. The summed E-state index contributed by atoms with van der Waals surface area (Å²) >= 11 is 0. The lowest BCUT2D eigenvalue weighted by Crippen LogP contribution is -2.38. The monoisotopic (exact) mass is 605 g/mol. The van der Waals surface area contributed by atoms with E-state index in [9.17, 15) is 23.6 Å². The first kappa shape index (κ1) is 30.7. The molecule has 5 rings (SSSR count). The fourth-order valence-corrected chi connectivity index (χ4v) is 5.16. The molecule has 3 aromatic carbocycles. The van der Waals surface area contributed by atoms with Gasteiger partial charge >= 0.3 is 12.2 Å². The average Bonchev–Trinajstić information content (AvgIpc) is 3.47. The SMILES string of the molecule is CC(C)(C)OC(=O)N(CCCF)Cc1ccc(-c2ccc(N3C[C@H](CN4C(=O)c5ccccc5C4=O)OC3=O)cc2F)cc1. The van der Waals surface area contributed by atoms with Gasteiger partial charge in [-0.1, -0.05) is 36.4 Å². The molecule has 0 saturated carbocycles. The molecule has 3 aromatic rings. The van der Waals surface area contributed by atoms with E-state index in [0.717, 1.165) is 10.5 Å². The highest BCUT2D eigenvalue weighted by atomic mass is 19.1. The van der Waals surface area contributed by atoms with Gasteiger partial charge in [0.25, 0.3) is 11.8 Å². The van der Waals surface area contributed by atoms with Crippen molar-refractivity contribution in [1.29, 1.82) is 0 Å². The van der Waals surface area contributed by atoms with E-state index >= 15 is 4.39 Å². The number of benzene rings is 3. The number of anilines is 1. The largest absolute Gasteiger partial charge is 0.444 e. The van der Waals surface area contributed by atoms with E-state index in [1.807, 2.05) is 0 Å². The zero-order valence-electron chi connectivity index (χ0n) is 24.7. The number of carbonyl (C=O) groups is 4. The molecule has 1 saturated heterocycles. The number of carbonyl (C=O) groups excluding carboxylic acids is 4. The number of alkyl halides is 1. The summed E-state index contributed by atoms with van der Waals surface area (Å²) in [5.41, 5.74) is 1.85. The van der Waals surface area contributed by atoms with E-state index < -0.39 is 48.2 Å². The van der Waals surface area contributed by atoms with Crippen molar-refractivity contribution in [2.75, 3.05) is 31.2 Å². The van der Waals surface area contributed by atoms with E-state index in [-0.39, 0.29) is 38.3 Å². The van der Waals surface area contributed by atoms with Crippen LogP contribution in [-0.4, -0.2) is 71.8 Å². The third-order valence-corrected chi connectivity index (χ3v) is 7.25. The first-order valence-electron chi connectivity index (χ1n) is 14.3. The molecular weight excluding hydrogens is 572 g/mol. The van der Waals surface area contributed by atoms with Crippen LogP contribution in [0, 0.1) is 5.82 Å². The van der Waals surface area contributed by atoms with Gasteiger partial charge in [-0.25, -0.2) is 14.0 Å². The Balaban J connectivity index is 1.24. The van der Waals surface area contributed by atoms with Crippen molar-refractivity contribution in [2.45, 2.75) is 45.4 Å². The van der Waals surface area contributed by atoms with Crippen molar-refractivity contribution in [3.63, 3.8) is 0 Å². The van der Waals surface area contributed by atoms with Crippen LogP contribution in [0.1, 0.15) is 53.5 Å². The first-order valence-corrected chi connectivity index (χ1v) is 14.3. The van der Waals surface area contributed by atoms with E-state index in [1.54, 1.807) is 81.4 Å². The lowest BCUT2D eigenvalue weighted by atomic mass is 10.0. The number of nitrogens with zero attached hydrogens (tertiary/aromatic N) is 3. The zero-order valence-corrected chi connectivity index (χ0v) is 24.7. The van der Waals surface area contributed by atoms with Crippen molar-refractivity contribution < 1.29 is 37.4 Å². The second kappa shape index (κ2) is 12.4. The molecule has 2 heterocycles. The van der Waals surface area contributed by atoms with E-state index in [0.29, 0.717) is 22.3 Å². The van der Waals surface area contributed by atoms with Gasteiger partial charge in [0, 0.05) is 18.7 Å². The van der Waals surface area contributed by atoms with Gasteiger partial charge in [-0.3, -0.25) is 23.8 Å². The number of imide groups is 1. The maximum atomic E-state index is 15.3. The van der Waals surface area contributed by atoms with Crippen molar-refractivity contribution >= 4 is 29.7 Å². The topological polar surface area (TPSA) is 96.5 Å². The standard InChI is InChI=1S/C33H33F2N3O6/c1-33(2,3)44-31(41)36(16-6-15-34)18-21-9-11-22(12-10-21)25-14-13-23(17-28(25)35)37-19-24(43-32(37)42)20-38-29(39)26-7-4-5-8-27(26)30(38)40/h4-5,7-14,17,24H,6,15-16,18-20H2,1-3H3/t24-/m1/s1. The molecule has 0 N–H and O–H groups in total. The number of hydrogen-bond acceptors (Lipinski definition) is 6. The van der Waals surface area contributed by atoms with Crippen LogP contribution in [0.2, 0.25) is 0 Å². The van der Waals surface area contributed by atoms with E-state index in [1.165, 1.54) is 15.9 Å². The van der Waals surface area contributed by atoms with Crippen molar-refractivity contribution in [2.24, 2.45) is 0 Å². The summed E-state index contributed by atoms with van der Waals surface area (Å²) in [4.78, 5) is 54.4. The first-order chi connectivity index (χ1) is 20.9. The smallest absolute Gasteiger partial charge is 0.414 e. The normalized spacial score (nSPS) is 16.3. The van der Waals surface area contributed by atoms with E-state index in [2.05, 4.69) is 0 Å². The molecule has 0 bridgehead atoms. The Labute approximate surface area is 253 Å². The highest BCUT2D eigenvalue weighted by Gasteiger charge is 2.40. The third kappa shape index (κ3) is 6.56. The summed E-state index contributed by atoms with van der Waals surface area (Å²) in [5.74, 6) is -1.46.